The lowest BCUT2D eigenvalue weighted by Gasteiger charge is -2.08. The predicted octanol–water partition coefficient (Wildman–Crippen LogP) is 2.41. The van der Waals surface area contributed by atoms with Gasteiger partial charge in [-0.05, 0) is 24.6 Å². The minimum Gasteiger partial charge on any atom is -0.348 e. The summed E-state index contributed by atoms with van der Waals surface area (Å²) in [6, 6.07) is 8.12. The molecular formula is C17H15N5O3. The standard InChI is InChI=1S/C17H15N5O3/c1-12-14(3-2-4-15(12)22(24)25)17(23)20-10-13-5-6-16(19-9-13)21-8-7-18-11-21/h2-9,11H,10H2,1H3,(H,20,23). The molecule has 1 aromatic carbocycles. The van der Waals surface area contributed by atoms with Crippen LogP contribution in [-0.2, 0) is 6.54 Å². The molecule has 3 aromatic rings. The van der Waals surface area contributed by atoms with Gasteiger partial charge in [0.15, 0.2) is 0 Å². The van der Waals surface area contributed by atoms with Crippen molar-refractivity contribution in [2.24, 2.45) is 0 Å². The Balaban J connectivity index is 1.68. The van der Waals surface area contributed by atoms with Gasteiger partial charge < -0.3 is 5.32 Å². The molecule has 2 heterocycles. The van der Waals surface area contributed by atoms with Crippen molar-refractivity contribution in [1.29, 1.82) is 0 Å². The molecule has 0 bridgehead atoms. The van der Waals surface area contributed by atoms with Gasteiger partial charge in [0.2, 0.25) is 0 Å². The molecule has 25 heavy (non-hydrogen) atoms. The largest absolute Gasteiger partial charge is 0.348 e. The lowest BCUT2D eigenvalue weighted by Crippen LogP contribution is -2.24. The monoisotopic (exact) mass is 337 g/mol. The zero-order valence-corrected chi connectivity index (χ0v) is 13.4. The average Bonchev–Trinajstić information content (AvgIpc) is 3.14. The Kier molecular flexibility index (Phi) is 4.51. The van der Waals surface area contributed by atoms with Gasteiger partial charge in [-0.15, -0.1) is 0 Å². The Morgan fingerprint density at radius 1 is 1.32 bits per heavy atom. The SMILES string of the molecule is Cc1c(C(=O)NCc2ccc(-n3ccnc3)nc2)cccc1[N+](=O)[O-]. The Morgan fingerprint density at radius 2 is 2.16 bits per heavy atom. The minimum absolute atomic E-state index is 0.0704. The Morgan fingerprint density at radius 3 is 2.80 bits per heavy atom. The van der Waals surface area contributed by atoms with Crippen LogP contribution in [0.5, 0.6) is 0 Å². The van der Waals surface area contributed by atoms with Crippen LogP contribution < -0.4 is 5.32 Å². The van der Waals surface area contributed by atoms with E-state index in [1.807, 2.05) is 12.1 Å². The van der Waals surface area contributed by atoms with Crippen LogP contribution in [0, 0.1) is 17.0 Å². The van der Waals surface area contributed by atoms with Crippen LogP contribution in [0.3, 0.4) is 0 Å². The fourth-order valence-corrected chi connectivity index (χ4v) is 2.41. The molecule has 8 nitrogen and oxygen atoms in total. The smallest absolute Gasteiger partial charge is 0.273 e. The van der Waals surface area contributed by atoms with Crippen molar-refractivity contribution in [3.8, 4) is 5.82 Å². The summed E-state index contributed by atoms with van der Waals surface area (Å²) in [6.07, 6.45) is 6.76. The number of nitro groups is 1. The maximum Gasteiger partial charge on any atom is 0.273 e. The van der Waals surface area contributed by atoms with Gasteiger partial charge in [0, 0.05) is 42.3 Å². The number of amides is 1. The van der Waals surface area contributed by atoms with Gasteiger partial charge in [-0.3, -0.25) is 19.5 Å². The fraction of sp³-hybridized carbons (Fsp3) is 0.118. The number of nitrogens with one attached hydrogen (secondary N) is 1. The third kappa shape index (κ3) is 3.52. The Bertz CT molecular complexity index is 905. The van der Waals surface area contributed by atoms with Gasteiger partial charge in [0.25, 0.3) is 11.6 Å². The normalized spacial score (nSPS) is 10.4. The summed E-state index contributed by atoms with van der Waals surface area (Å²) in [6.45, 7) is 1.84. The molecule has 0 unspecified atom stereocenters. The van der Waals surface area contributed by atoms with E-state index in [1.54, 1.807) is 42.5 Å². The number of carbonyl (C=O) groups excluding carboxylic acids is 1. The van der Waals surface area contributed by atoms with E-state index >= 15 is 0 Å². The van der Waals surface area contributed by atoms with Gasteiger partial charge >= 0.3 is 0 Å². The molecule has 0 aliphatic rings. The molecule has 0 saturated heterocycles. The first kappa shape index (κ1) is 16.3. The number of nitrogens with zero attached hydrogens (tertiary/aromatic N) is 4. The molecule has 126 valence electrons. The maximum atomic E-state index is 12.3. The van der Waals surface area contributed by atoms with Crippen LogP contribution in [-0.4, -0.2) is 25.4 Å². The zero-order chi connectivity index (χ0) is 17.8. The third-order valence-electron chi connectivity index (χ3n) is 3.78. The van der Waals surface area contributed by atoms with Gasteiger partial charge in [0.1, 0.15) is 12.1 Å². The second kappa shape index (κ2) is 6.91. The first-order valence-electron chi connectivity index (χ1n) is 7.51. The highest BCUT2D eigenvalue weighted by Gasteiger charge is 2.17. The Hall–Kier alpha value is -3.55. The lowest BCUT2D eigenvalue weighted by molar-refractivity contribution is -0.385. The van der Waals surface area contributed by atoms with Crippen LogP contribution in [0.1, 0.15) is 21.5 Å². The molecular weight excluding hydrogens is 322 g/mol. The van der Waals surface area contributed by atoms with E-state index in [0.29, 0.717) is 5.56 Å². The topological polar surface area (TPSA) is 103 Å². The number of hydrogen-bond acceptors (Lipinski definition) is 5. The van der Waals surface area contributed by atoms with Crippen LogP contribution in [0.25, 0.3) is 5.82 Å². The van der Waals surface area contributed by atoms with Crippen molar-refractivity contribution in [3.05, 3.63) is 82.1 Å². The minimum atomic E-state index is -0.495. The highest BCUT2D eigenvalue weighted by Crippen LogP contribution is 2.21. The van der Waals surface area contributed by atoms with Crippen molar-refractivity contribution in [3.63, 3.8) is 0 Å². The maximum absolute atomic E-state index is 12.3. The van der Waals surface area contributed by atoms with Crippen molar-refractivity contribution in [2.45, 2.75) is 13.5 Å². The van der Waals surface area contributed by atoms with Crippen LogP contribution in [0.2, 0.25) is 0 Å². The molecule has 3 rings (SSSR count). The van der Waals surface area contributed by atoms with E-state index in [9.17, 15) is 14.9 Å². The molecule has 2 aromatic heterocycles. The van der Waals surface area contributed by atoms with Crippen LogP contribution in [0.4, 0.5) is 5.69 Å². The molecule has 0 spiro atoms. The Labute approximate surface area is 143 Å². The number of pyridine rings is 1. The van der Waals surface area contributed by atoms with E-state index in [1.165, 1.54) is 12.1 Å². The number of rotatable bonds is 5. The van der Waals surface area contributed by atoms with E-state index in [2.05, 4.69) is 15.3 Å². The average molecular weight is 337 g/mol. The quantitative estimate of drug-likeness (QED) is 0.569. The summed E-state index contributed by atoms with van der Waals surface area (Å²) in [5.74, 6) is 0.363. The second-order valence-corrected chi connectivity index (χ2v) is 5.38. The molecule has 0 aliphatic heterocycles. The lowest BCUT2D eigenvalue weighted by atomic mass is 10.1. The van der Waals surface area contributed by atoms with E-state index in [0.717, 1.165) is 11.4 Å². The summed E-state index contributed by atoms with van der Waals surface area (Å²) in [7, 11) is 0. The summed E-state index contributed by atoms with van der Waals surface area (Å²) in [4.78, 5) is 31.0. The van der Waals surface area contributed by atoms with E-state index < -0.39 is 4.92 Å². The molecule has 0 atom stereocenters. The van der Waals surface area contributed by atoms with Crippen molar-refractivity contribution >= 4 is 11.6 Å². The first-order valence-corrected chi connectivity index (χ1v) is 7.51. The van der Waals surface area contributed by atoms with Gasteiger partial charge in [-0.1, -0.05) is 12.1 Å². The van der Waals surface area contributed by atoms with Crippen molar-refractivity contribution in [2.75, 3.05) is 0 Å². The number of nitro benzene ring substituents is 1. The van der Waals surface area contributed by atoms with Gasteiger partial charge in [-0.2, -0.15) is 0 Å². The van der Waals surface area contributed by atoms with Gasteiger partial charge in [-0.25, -0.2) is 9.97 Å². The van der Waals surface area contributed by atoms with Crippen LogP contribution in [0.15, 0.2) is 55.2 Å². The summed E-state index contributed by atoms with van der Waals surface area (Å²) < 4.78 is 1.77. The van der Waals surface area contributed by atoms with Crippen molar-refractivity contribution < 1.29 is 9.72 Å². The molecule has 0 aliphatic carbocycles. The number of hydrogen-bond donors (Lipinski definition) is 1. The number of imidazole rings is 1. The number of benzene rings is 1. The molecule has 0 fully saturated rings. The van der Waals surface area contributed by atoms with E-state index in [-0.39, 0.29) is 23.7 Å². The highest BCUT2D eigenvalue weighted by molar-refractivity contribution is 5.96. The molecule has 8 heteroatoms. The molecule has 1 N–H and O–H groups in total. The van der Waals surface area contributed by atoms with Gasteiger partial charge in [0.05, 0.1) is 4.92 Å². The first-order chi connectivity index (χ1) is 12.1. The molecule has 0 radical (unpaired) electrons. The fourth-order valence-electron chi connectivity index (χ4n) is 2.41. The second-order valence-electron chi connectivity index (χ2n) is 5.38. The molecule has 0 saturated carbocycles. The van der Waals surface area contributed by atoms with Crippen LogP contribution >= 0.6 is 0 Å². The van der Waals surface area contributed by atoms with E-state index in [4.69, 9.17) is 0 Å². The molecule has 1 amide bonds. The summed E-state index contributed by atoms with van der Waals surface area (Å²) in [5, 5.41) is 13.7. The predicted molar refractivity (Wildman–Crippen MR) is 90.4 cm³/mol. The zero-order valence-electron chi connectivity index (χ0n) is 13.4. The highest BCUT2D eigenvalue weighted by atomic mass is 16.6. The third-order valence-corrected chi connectivity index (χ3v) is 3.78. The van der Waals surface area contributed by atoms with Crippen molar-refractivity contribution in [1.82, 2.24) is 19.9 Å². The summed E-state index contributed by atoms with van der Waals surface area (Å²) >= 11 is 0. The number of carbonyl (C=O) groups is 1. The summed E-state index contributed by atoms with van der Waals surface area (Å²) in [5.41, 5.74) is 1.38. The number of aromatic nitrogens is 3.